The molecule has 0 aromatic heterocycles. The summed E-state index contributed by atoms with van der Waals surface area (Å²) in [5.74, 6) is 0. The lowest BCUT2D eigenvalue weighted by Gasteiger charge is -2.07. The van der Waals surface area contributed by atoms with Gasteiger partial charge in [0, 0.05) is 0 Å². The minimum atomic E-state index is 0.0912. The van der Waals surface area contributed by atoms with Crippen LogP contribution in [0.3, 0.4) is 0 Å². The second-order valence-corrected chi connectivity index (χ2v) is 4.71. The summed E-state index contributed by atoms with van der Waals surface area (Å²) < 4.78 is 0. The van der Waals surface area contributed by atoms with Crippen molar-refractivity contribution >= 4 is 10.8 Å². The van der Waals surface area contributed by atoms with Crippen LogP contribution in [0.5, 0.6) is 0 Å². The lowest BCUT2D eigenvalue weighted by atomic mass is 9.98. The molecule has 0 atom stereocenters. The number of fused-ring (bicyclic) bond motifs is 3. The summed E-state index contributed by atoms with van der Waals surface area (Å²) in [4.78, 5) is 0. The lowest BCUT2D eigenvalue weighted by Crippen LogP contribution is -1.88. The molecule has 0 saturated carbocycles. The maximum Gasteiger partial charge on any atom is 0.0688 e. The van der Waals surface area contributed by atoms with Crippen molar-refractivity contribution in [2.45, 2.75) is 6.61 Å². The van der Waals surface area contributed by atoms with E-state index in [1.807, 2.05) is 6.07 Å². The molecule has 3 aromatic rings. The van der Waals surface area contributed by atoms with Crippen LogP contribution >= 0.6 is 0 Å². The van der Waals surface area contributed by atoms with Crippen molar-refractivity contribution in [1.82, 2.24) is 0 Å². The van der Waals surface area contributed by atoms with Gasteiger partial charge < -0.3 is 5.11 Å². The molecule has 86 valence electrons. The van der Waals surface area contributed by atoms with Crippen LogP contribution in [0.2, 0.25) is 0 Å². The monoisotopic (exact) mass is 232 g/mol. The largest absolute Gasteiger partial charge is 0.392 e. The highest BCUT2D eigenvalue weighted by atomic mass is 16.3. The Morgan fingerprint density at radius 1 is 0.722 bits per heavy atom. The second-order valence-electron chi connectivity index (χ2n) is 4.71. The summed E-state index contributed by atoms with van der Waals surface area (Å²) in [6.07, 6.45) is 0. The molecule has 0 aliphatic heterocycles. The number of rotatable bonds is 1. The van der Waals surface area contributed by atoms with E-state index in [9.17, 15) is 5.11 Å². The Bertz CT molecular complexity index is 772. The predicted octanol–water partition coefficient (Wildman–Crippen LogP) is 3.98. The third-order valence-corrected chi connectivity index (χ3v) is 3.79. The normalized spacial score (nSPS) is 11.8. The number of hydrogen-bond donors (Lipinski definition) is 1. The Balaban J connectivity index is 2.27. The average molecular weight is 232 g/mol. The summed E-state index contributed by atoms with van der Waals surface area (Å²) in [7, 11) is 0. The molecule has 1 heteroatoms. The van der Waals surface area contributed by atoms with Gasteiger partial charge >= 0.3 is 0 Å². The van der Waals surface area contributed by atoms with Crippen LogP contribution in [-0.2, 0) is 6.61 Å². The molecule has 0 heterocycles. The van der Waals surface area contributed by atoms with Crippen LogP contribution in [0.1, 0.15) is 5.56 Å². The van der Waals surface area contributed by atoms with Crippen molar-refractivity contribution in [3.05, 3.63) is 60.2 Å². The number of benzene rings is 3. The van der Waals surface area contributed by atoms with Gasteiger partial charge in [-0.15, -0.1) is 0 Å². The van der Waals surface area contributed by atoms with E-state index >= 15 is 0 Å². The number of aliphatic hydroxyl groups is 1. The van der Waals surface area contributed by atoms with Crippen molar-refractivity contribution < 1.29 is 5.11 Å². The van der Waals surface area contributed by atoms with Crippen LogP contribution in [0.25, 0.3) is 33.0 Å². The van der Waals surface area contributed by atoms with Gasteiger partial charge in [0.2, 0.25) is 0 Å². The van der Waals surface area contributed by atoms with E-state index in [-0.39, 0.29) is 6.61 Å². The van der Waals surface area contributed by atoms with Gasteiger partial charge in [0.15, 0.2) is 0 Å². The van der Waals surface area contributed by atoms with Gasteiger partial charge in [-0.1, -0.05) is 54.6 Å². The zero-order valence-electron chi connectivity index (χ0n) is 9.85. The molecule has 0 saturated heterocycles. The smallest absolute Gasteiger partial charge is 0.0688 e. The van der Waals surface area contributed by atoms with Gasteiger partial charge in [-0.25, -0.2) is 0 Å². The molecule has 0 bridgehead atoms. The Hall–Kier alpha value is -2.12. The Kier molecular flexibility index (Phi) is 1.88. The SMILES string of the molecule is OCc1ccc2cccc3c2c1-c1ccccc1-3. The quantitative estimate of drug-likeness (QED) is 0.526. The molecule has 1 aliphatic rings. The Labute approximate surface area is 105 Å². The van der Waals surface area contributed by atoms with Crippen molar-refractivity contribution in [3.8, 4) is 22.3 Å². The fourth-order valence-corrected chi connectivity index (χ4v) is 3.02. The first-order valence-electron chi connectivity index (χ1n) is 6.15. The molecule has 4 rings (SSSR count). The van der Waals surface area contributed by atoms with E-state index in [1.54, 1.807) is 0 Å². The first-order valence-corrected chi connectivity index (χ1v) is 6.15. The molecule has 0 fully saturated rings. The number of hydrogen-bond acceptors (Lipinski definition) is 1. The zero-order valence-corrected chi connectivity index (χ0v) is 9.85. The summed E-state index contributed by atoms with van der Waals surface area (Å²) in [6.45, 7) is 0.0912. The van der Waals surface area contributed by atoms with Crippen LogP contribution in [0.4, 0.5) is 0 Å². The molecule has 18 heavy (non-hydrogen) atoms. The highest BCUT2D eigenvalue weighted by molar-refractivity contribution is 6.16. The summed E-state index contributed by atoms with van der Waals surface area (Å²) in [6, 6.07) is 19.0. The second kappa shape index (κ2) is 3.44. The van der Waals surface area contributed by atoms with E-state index in [1.165, 1.54) is 33.0 Å². The lowest BCUT2D eigenvalue weighted by molar-refractivity contribution is 0.282. The van der Waals surface area contributed by atoms with E-state index in [4.69, 9.17) is 0 Å². The molecule has 1 aliphatic carbocycles. The Morgan fingerprint density at radius 2 is 1.50 bits per heavy atom. The maximum absolute atomic E-state index is 9.56. The summed E-state index contributed by atoms with van der Waals surface area (Å²) in [5, 5.41) is 12.1. The van der Waals surface area contributed by atoms with Crippen molar-refractivity contribution in [1.29, 1.82) is 0 Å². The van der Waals surface area contributed by atoms with Crippen LogP contribution in [0.15, 0.2) is 54.6 Å². The molecular formula is C17H12O. The fraction of sp³-hybridized carbons (Fsp3) is 0.0588. The van der Waals surface area contributed by atoms with Crippen molar-refractivity contribution in [2.24, 2.45) is 0 Å². The first-order chi connectivity index (χ1) is 8.90. The van der Waals surface area contributed by atoms with Gasteiger partial charge in [-0.2, -0.15) is 0 Å². The standard InChI is InChI=1S/C17H12O/c18-10-12-9-8-11-4-3-7-15-13-5-1-2-6-14(13)17(12)16(11)15/h1-9,18H,10H2. The number of aliphatic hydroxyl groups excluding tert-OH is 1. The van der Waals surface area contributed by atoms with E-state index < -0.39 is 0 Å². The average Bonchev–Trinajstić information content (AvgIpc) is 2.77. The molecule has 0 unspecified atom stereocenters. The van der Waals surface area contributed by atoms with Crippen molar-refractivity contribution in [3.63, 3.8) is 0 Å². The minimum Gasteiger partial charge on any atom is -0.392 e. The van der Waals surface area contributed by atoms with Crippen LogP contribution < -0.4 is 0 Å². The molecule has 0 radical (unpaired) electrons. The summed E-state index contributed by atoms with van der Waals surface area (Å²) in [5.41, 5.74) is 6.03. The maximum atomic E-state index is 9.56. The van der Waals surface area contributed by atoms with Gasteiger partial charge in [0.25, 0.3) is 0 Å². The summed E-state index contributed by atoms with van der Waals surface area (Å²) >= 11 is 0. The zero-order chi connectivity index (χ0) is 12.1. The minimum absolute atomic E-state index is 0.0912. The highest BCUT2D eigenvalue weighted by Crippen LogP contribution is 2.48. The molecule has 0 spiro atoms. The molecule has 1 N–H and O–H groups in total. The third kappa shape index (κ3) is 1.09. The molecular weight excluding hydrogens is 220 g/mol. The molecule has 0 amide bonds. The Morgan fingerprint density at radius 3 is 2.33 bits per heavy atom. The van der Waals surface area contributed by atoms with Crippen LogP contribution in [0, 0.1) is 0 Å². The predicted molar refractivity (Wildman–Crippen MR) is 74.3 cm³/mol. The van der Waals surface area contributed by atoms with Gasteiger partial charge in [-0.05, 0) is 38.6 Å². The fourth-order valence-electron chi connectivity index (χ4n) is 3.02. The third-order valence-electron chi connectivity index (χ3n) is 3.79. The van der Waals surface area contributed by atoms with Gasteiger partial charge in [-0.3, -0.25) is 0 Å². The van der Waals surface area contributed by atoms with E-state index in [2.05, 4.69) is 48.5 Å². The van der Waals surface area contributed by atoms with E-state index in [0.717, 1.165) is 5.56 Å². The molecule has 3 aromatic carbocycles. The van der Waals surface area contributed by atoms with Gasteiger partial charge in [0.1, 0.15) is 0 Å². The highest BCUT2D eigenvalue weighted by Gasteiger charge is 2.22. The first kappa shape index (κ1) is 9.86. The molecule has 1 nitrogen and oxygen atoms in total. The van der Waals surface area contributed by atoms with Crippen LogP contribution in [-0.4, -0.2) is 5.11 Å². The van der Waals surface area contributed by atoms with E-state index in [0.29, 0.717) is 0 Å². The van der Waals surface area contributed by atoms with Crippen molar-refractivity contribution in [2.75, 3.05) is 0 Å². The van der Waals surface area contributed by atoms with Gasteiger partial charge in [0.05, 0.1) is 6.61 Å². The topological polar surface area (TPSA) is 20.2 Å².